The Balaban J connectivity index is 3.04. The van der Waals surface area contributed by atoms with Crippen LogP contribution in [0.5, 0.6) is 0 Å². The average Bonchev–Trinajstić information content (AvgIpc) is 1.87. The van der Waals surface area contributed by atoms with Crippen LogP contribution >= 0.6 is 0 Å². The maximum absolute atomic E-state index is 5.32. The van der Waals surface area contributed by atoms with Gasteiger partial charge in [0, 0.05) is 5.69 Å². The van der Waals surface area contributed by atoms with E-state index in [1.54, 1.807) is 0 Å². The molecular weight excluding hydrogens is 84.9 g/mol. The minimum absolute atomic E-state index is 0.734. The summed E-state index contributed by atoms with van der Waals surface area (Å²) in [6, 6.07) is 3.78. The summed E-state index contributed by atoms with van der Waals surface area (Å²) in [7, 11) is 5.32. The standard InChI is InChI=1S/C5H6BN/c1-4-2-3-5(6)7-4/h2-3,7H,1H3. The summed E-state index contributed by atoms with van der Waals surface area (Å²) in [4.78, 5) is 2.92. The molecule has 0 unspecified atom stereocenters. The molecule has 0 saturated carbocycles. The fourth-order valence-corrected chi connectivity index (χ4v) is 0.526. The molecule has 2 heteroatoms. The molecule has 1 aromatic rings. The number of rotatable bonds is 0. The van der Waals surface area contributed by atoms with Crippen LogP contribution in [0.2, 0.25) is 0 Å². The molecule has 0 aliphatic rings. The fourth-order valence-electron chi connectivity index (χ4n) is 0.526. The lowest BCUT2D eigenvalue weighted by molar-refractivity contribution is 1.30. The van der Waals surface area contributed by atoms with Gasteiger partial charge >= 0.3 is 0 Å². The summed E-state index contributed by atoms with van der Waals surface area (Å²) in [5.41, 5.74) is 1.84. The maximum Gasteiger partial charge on any atom is 0.138 e. The van der Waals surface area contributed by atoms with Crippen LogP contribution in [0, 0.1) is 6.92 Å². The Hall–Kier alpha value is -0.655. The maximum atomic E-state index is 5.32. The van der Waals surface area contributed by atoms with E-state index in [-0.39, 0.29) is 0 Å². The van der Waals surface area contributed by atoms with Crippen LogP contribution in [0.25, 0.3) is 0 Å². The molecule has 1 aromatic heterocycles. The molecule has 0 spiro atoms. The van der Waals surface area contributed by atoms with Crippen LogP contribution in [-0.4, -0.2) is 12.8 Å². The Bertz CT molecular complexity index is 140. The van der Waals surface area contributed by atoms with Crippen molar-refractivity contribution in [3.05, 3.63) is 17.8 Å². The van der Waals surface area contributed by atoms with E-state index in [0.29, 0.717) is 0 Å². The molecule has 0 aliphatic carbocycles. The van der Waals surface area contributed by atoms with Gasteiger partial charge in [0.2, 0.25) is 0 Å². The molecule has 1 heterocycles. The van der Waals surface area contributed by atoms with Crippen molar-refractivity contribution in [2.75, 3.05) is 0 Å². The summed E-state index contributed by atoms with van der Waals surface area (Å²) in [5, 5.41) is 0. The molecule has 2 radical (unpaired) electrons. The predicted octanol–water partition coefficient (Wildman–Crippen LogP) is 0.117. The van der Waals surface area contributed by atoms with E-state index in [2.05, 4.69) is 4.98 Å². The number of H-pyrrole nitrogens is 1. The van der Waals surface area contributed by atoms with E-state index in [9.17, 15) is 0 Å². The van der Waals surface area contributed by atoms with Gasteiger partial charge in [-0.1, -0.05) is 6.07 Å². The monoisotopic (exact) mass is 91.1 g/mol. The molecule has 0 fully saturated rings. The van der Waals surface area contributed by atoms with Gasteiger partial charge in [-0.3, -0.25) is 0 Å². The van der Waals surface area contributed by atoms with Crippen molar-refractivity contribution in [1.82, 2.24) is 4.98 Å². The van der Waals surface area contributed by atoms with E-state index >= 15 is 0 Å². The molecule has 0 amide bonds. The van der Waals surface area contributed by atoms with E-state index in [1.165, 1.54) is 0 Å². The summed E-state index contributed by atoms with van der Waals surface area (Å²) in [6.07, 6.45) is 0. The highest BCUT2D eigenvalue weighted by Gasteiger charge is 1.81. The summed E-state index contributed by atoms with van der Waals surface area (Å²) < 4.78 is 0. The van der Waals surface area contributed by atoms with Gasteiger partial charge in [-0.2, -0.15) is 0 Å². The first-order chi connectivity index (χ1) is 3.29. The molecule has 0 atom stereocenters. The SMILES string of the molecule is [B]c1ccc(C)[nH]1. The Kier molecular flexibility index (Phi) is 0.932. The van der Waals surface area contributed by atoms with Gasteiger partial charge in [-0.25, -0.2) is 0 Å². The van der Waals surface area contributed by atoms with E-state index < -0.39 is 0 Å². The Morgan fingerprint density at radius 3 is 2.43 bits per heavy atom. The second kappa shape index (κ2) is 1.45. The quantitative estimate of drug-likeness (QED) is 0.436. The third-order valence-corrected chi connectivity index (χ3v) is 0.854. The lowest BCUT2D eigenvalue weighted by atomic mass is 10.1. The van der Waals surface area contributed by atoms with E-state index in [0.717, 1.165) is 11.3 Å². The lowest BCUT2D eigenvalue weighted by Crippen LogP contribution is -2.00. The number of nitrogens with one attached hydrogen (secondary N) is 1. The zero-order valence-electron chi connectivity index (χ0n) is 4.23. The molecule has 0 saturated heterocycles. The van der Waals surface area contributed by atoms with Crippen molar-refractivity contribution in [2.24, 2.45) is 0 Å². The molecule has 0 aromatic carbocycles. The van der Waals surface area contributed by atoms with Crippen LogP contribution in [0.4, 0.5) is 0 Å². The fraction of sp³-hybridized carbons (Fsp3) is 0.200. The van der Waals surface area contributed by atoms with Gasteiger partial charge in [-0.15, -0.1) is 0 Å². The lowest BCUT2D eigenvalue weighted by Gasteiger charge is -1.77. The van der Waals surface area contributed by atoms with Gasteiger partial charge in [-0.05, 0) is 18.6 Å². The highest BCUT2D eigenvalue weighted by molar-refractivity contribution is 6.30. The molecule has 1 N–H and O–H groups in total. The van der Waals surface area contributed by atoms with Crippen LogP contribution in [0.15, 0.2) is 12.1 Å². The van der Waals surface area contributed by atoms with Crippen LogP contribution < -0.4 is 5.59 Å². The summed E-state index contributed by atoms with van der Waals surface area (Å²) in [6.45, 7) is 1.97. The highest BCUT2D eigenvalue weighted by Crippen LogP contribution is 1.83. The van der Waals surface area contributed by atoms with Crippen molar-refractivity contribution in [3.63, 3.8) is 0 Å². The van der Waals surface area contributed by atoms with Crippen molar-refractivity contribution < 1.29 is 0 Å². The Morgan fingerprint density at radius 1 is 1.57 bits per heavy atom. The predicted molar refractivity (Wildman–Crippen MR) is 30.9 cm³/mol. The summed E-state index contributed by atoms with van der Waals surface area (Å²) >= 11 is 0. The number of aromatic amines is 1. The minimum Gasteiger partial charge on any atom is -0.372 e. The van der Waals surface area contributed by atoms with Gasteiger partial charge in [0.1, 0.15) is 7.85 Å². The van der Waals surface area contributed by atoms with E-state index in [4.69, 9.17) is 7.85 Å². The van der Waals surface area contributed by atoms with Crippen molar-refractivity contribution in [1.29, 1.82) is 0 Å². The number of hydrogen-bond acceptors (Lipinski definition) is 0. The molecule has 1 nitrogen and oxygen atoms in total. The van der Waals surface area contributed by atoms with Crippen LogP contribution in [0.1, 0.15) is 5.69 Å². The Morgan fingerprint density at radius 2 is 2.29 bits per heavy atom. The molecular formula is C5H6BN. The second-order valence-electron chi connectivity index (χ2n) is 1.60. The molecule has 34 valence electrons. The number of aryl methyl sites for hydroxylation is 1. The first-order valence-corrected chi connectivity index (χ1v) is 2.20. The second-order valence-corrected chi connectivity index (χ2v) is 1.60. The first kappa shape index (κ1) is 4.50. The summed E-state index contributed by atoms with van der Waals surface area (Å²) in [5.74, 6) is 0. The van der Waals surface area contributed by atoms with Crippen molar-refractivity contribution >= 4 is 13.4 Å². The van der Waals surface area contributed by atoms with Crippen LogP contribution in [-0.2, 0) is 0 Å². The average molecular weight is 90.9 g/mol. The third-order valence-electron chi connectivity index (χ3n) is 0.854. The smallest absolute Gasteiger partial charge is 0.138 e. The largest absolute Gasteiger partial charge is 0.372 e. The van der Waals surface area contributed by atoms with Crippen molar-refractivity contribution in [2.45, 2.75) is 6.92 Å². The van der Waals surface area contributed by atoms with Gasteiger partial charge in [0.25, 0.3) is 0 Å². The zero-order chi connectivity index (χ0) is 5.28. The van der Waals surface area contributed by atoms with Gasteiger partial charge < -0.3 is 4.98 Å². The number of aromatic nitrogens is 1. The van der Waals surface area contributed by atoms with E-state index in [1.807, 2.05) is 19.1 Å². The third kappa shape index (κ3) is 0.859. The molecule has 0 aliphatic heterocycles. The first-order valence-electron chi connectivity index (χ1n) is 2.20. The Labute approximate surface area is 44.2 Å². The molecule has 7 heavy (non-hydrogen) atoms. The van der Waals surface area contributed by atoms with Gasteiger partial charge in [0.05, 0.1) is 0 Å². The molecule has 0 bridgehead atoms. The van der Waals surface area contributed by atoms with Gasteiger partial charge in [0.15, 0.2) is 0 Å². The molecule has 1 rings (SSSR count). The highest BCUT2D eigenvalue weighted by atomic mass is 14.7. The number of hydrogen-bond donors (Lipinski definition) is 1. The van der Waals surface area contributed by atoms with Crippen LogP contribution in [0.3, 0.4) is 0 Å². The van der Waals surface area contributed by atoms with Crippen molar-refractivity contribution in [3.8, 4) is 0 Å². The zero-order valence-corrected chi connectivity index (χ0v) is 4.23. The topological polar surface area (TPSA) is 15.8 Å². The normalized spacial score (nSPS) is 9.29. The minimum atomic E-state index is 0.734.